The molecule has 8 nitrogen and oxygen atoms in total. The van der Waals surface area contributed by atoms with Crippen molar-refractivity contribution >= 4 is 76.8 Å². The Balaban J connectivity index is 1.51. The van der Waals surface area contributed by atoms with Gasteiger partial charge in [0.2, 0.25) is 0 Å². The van der Waals surface area contributed by atoms with Gasteiger partial charge in [-0.25, -0.2) is 9.97 Å². The fourth-order valence-corrected chi connectivity index (χ4v) is 6.89. The molecular formula is C36H27N7O. The van der Waals surface area contributed by atoms with E-state index in [0.29, 0.717) is 38.9 Å². The van der Waals surface area contributed by atoms with E-state index in [9.17, 15) is 0 Å². The van der Waals surface area contributed by atoms with E-state index in [1.54, 1.807) is 24.8 Å². The second kappa shape index (κ2) is 9.00. The number of benzene rings is 4. The van der Waals surface area contributed by atoms with E-state index < -0.39 is 0 Å². The van der Waals surface area contributed by atoms with Gasteiger partial charge in [0, 0.05) is 51.9 Å². The van der Waals surface area contributed by atoms with E-state index >= 15 is 0 Å². The Morgan fingerprint density at radius 2 is 1.23 bits per heavy atom. The molecule has 0 aliphatic rings. The van der Waals surface area contributed by atoms with Crippen molar-refractivity contribution in [3.05, 3.63) is 90.6 Å². The first-order valence-corrected chi connectivity index (χ1v) is 14.9. The maximum absolute atomic E-state index is 6.61. The van der Waals surface area contributed by atoms with Gasteiger partial charge in [-0.05, 0) is 29.5 Å². The highest BCUT2D eigenvalue weighted by molar-refractivity contribution is 6.20. The van der Waals surface area contributed by atoms with Crippen LogP contribution in [0.15, 0.2) is 83.9 Å². The number of fused-ring (bicyclic) bond motifs is 12. The third kappa shape index (κ3) is 3.28. The van der Waals surface area contributed by atoms with Crippen molar-refractivity contribution in [3.8, 4) is 5.82 Å². The van der Waals surface area contributed by atoms with E-state index in [1.165, 1.54) is 16.3 Å². The summed E-state index contributed by atoms with van der Waals surface area (Å²) in [5.41, 5.74) is 10.3. The van der Waals surface area contributed by atoms with E-state index in [4.69, 9.17) is 19.4 Å². The number of rotatable bonds is 3. The molecule has 0 aliphatic heterocycles. The molecule has 9 aromatic rings. The first kappa shape index (κ1) is 25.0. The predicted octanol–water partition coefficient (Wildman–Crippen LogP) is 8.76. The highest BCUT2D eigenvalue weighted by atomic mass is 16.3. The molecule has 0 radical (unpaired) electrons. The summed E-state index contributed by atoms with van der Waals surface area (Å²) in [6.45, 7) is 8.93. The molecule has 0 N–H and O–H groups in total. The van der Waals surface area contributed by atoms with Crippen LogP contribution in [0.5, 0.6) is 0 Å². The minimum absolute atomic E-state index is 0.173. The van der Waals surface area contributed by atoms with Crippen molar-refractivity contribution in [2.45, 2.75) is 39.5 Å². The lowest BCUT2D eigenvalue weighted by atomic mass is 9.95. The van der Waals surface area contributed by atoms with Crippen LogP contribution in [0.1, 0.15) is 50.7 Å². The van der Waals surface area contributed by atoms with Crippen molar-refractivity contribution < 1.29 is 4.42 Å². The third-order valence-corrected chi connectivity index (χ3v) is 8.74. The highest BCUT2D eigenvalue weighted by Crippen LogP contribution is 2.45. The maximum atomic E-state index is 6.61. The first-order valence-electron chi connectivity index (χ1n) is 14.9. The Bertz CT molecular complexity index is 2600. The second-order valence-electron chi connectivity index (χ2n) is 12.0. The molecule has 0 fully saturated rings. The molecule has 0 saturated heterocycles. The number of hydrogen-bond donors (Lipinski definition) is 0. The predicted molar refractivity (Wildman–Crippen MR) is 176 cm³/mol. The molecule has 4 aromatic carbocycles. The monoisotopic (exact) mass is 573 g/mol. The molecule has 0 atom stereocenters. The van der Waals surface area contributed by atoms with Gasteiger partial charge >= 0.3 is 0 Å². The highest BCUT2D eigenvalue weighted by Gasteiger charge is 2.26. The quantitative estimate of drug-likeness (QED) is 0.195. The Kier molecular flexibility index (Phi) is 5.12. The zero-order chi connectivity index (χ0) is 29.7. The molecule has 0 unspecified atom stereocenters. The Morgan fingerprint density at radius 1 is 0.591 bits per heavy atom. The number of furan rings is 1. The van der Waals surface area contributed by atoms with Gasteiger partial charge in [0.15, 0.2) is 5.82 Å². The smallest absolute Gasteiger partial charge is 0.157 e. The molecule has 5 heterocycles. The lowest BCUT2D eigenvalue weighted by molar-refractivity contribution is 0.658. The van der Waals surface area contributed by atoms with Crippen LogP contribution in [0.2, 0.25) is 0 Å². The molecule has 0 saturated carbocycles. The van der Waals surface area contributed by atoms with E-state index in [2.05, 4.69) is 83.6 Å². The largest absolute Gasteiger partial charge is 0.456 e. The third-order valence-electron chi connectivity index (χ3n) is 8.74. The van der Waals surface area contributed by atoms with Gasteiger partial charge in [-0.15, -0.1) is 0 Å². The topological polar surface area (TPSA) is 95.4 Å². The number of hydrogen-bond acceptors (Lipinski definition) is 7. The lowest BCUT2D eigenvalue weighted by Gasteiger charge is -2.16. The fourth-order valence-electron chi connectivity index (χ4n) is 6.89. The number of para-hydroxylation sites is 2. The molecule has 0 spiro atoms. The molecule has 9 rings (SSSR count). The average Bonchev–Trinajstić information content (AvgIpc) is 3.59. The van der Waals surface area contributed by atoms with Crippen LogP contribution in [0.25, 0.3) is 82.7 Å². The molecule has 44 heavy (non-hydrogen) atoms. The Hall–Kier alpha value is -5.50. The molecule has 212 valence electrons. The minimum Gasteiger partial charge on any atom is -0.456 e. The fraction of sp³-hybridized carbons (Fsp3) is 0.167. The van der Waals surface area contributed by atoms with E-state index in [1.807, 2.05) is 18.3 Å². The Labute approximate surface area is 251 Å². The van der Waals surface area contributed by atoms with Gasteiger partial charge in [-0.2, -0.15) is 0 Å². The zero-order valence-corrected chi connectivity index (χ0v) is 24.7. The second-order valence-corrected chi connectivity index (χ2v) is 12.0. The van der Waals surface area contributed by atoms with Crippen LogP contribution >= 0.6 is 0 Å². The summed E-state index contributed by atoms with van der Waals surface area (Å²) < 4.78 is 8.90. The minimum atomic E-state index is 0.173. The molecule has 5 aromatic heterocycles. The summed E-state index contributed by atoms with van der Waals surface area (Å²) in [6, 6.07) is 17.2. The van der Waals surface area contributed by atoms with Crippen molar-refractivity contribution in [3.63, 3.8) is 0 Å². The summed E-state index contributed by atoms with van der Waals surface area (Å²) in [6.07, 6.45) is 8.55. The van der Waals surface area contributed by atoms with Crippen LogP contribution < -0.4 is 0 Å². The first-order chi connectivity index (χ1) is 21.5. The summed E-state index contributed by atoms with van der Waals surface area (Å²) in [5.74, 6) is 1.16. The molecular weight excluding hydrogens is 546 g/mol. The van der Waals surface area contributed by atoms with Crippen LogP contribution in [-0.2, 0) is 0 Å². The van der Waals surface area contributed by atoms with Crippen LogP contribution in [-0.4, -0.2) is 34.5 Å². The van der Waals surface area contributed by atoms with Gasteiger partial charge in [-0.3, -0.25) is 24.5 Å². The molecule has 0 aliphatic carbocycles. The molecule has 0 amide bonds. The van der Waals surface area contributed by atoms with Gasteiger partial charge < -0.3 is 4.42 Å². The summed E-state index contributed by atoms with van der Waals surface area (Å²) in [7, 11) is 0. The molecule has 8 heteroatoms. The van der Waals surface area contributed by atoms with Gasteiger partial charge in [0.1, 0.15) is 44.3 Å². The van der Waals surface area contributed by atoms with Crippen LogP contribution in [0.3, 0.4) is 0 Å². The standard InChI is InChI=1S/C36H27N7O/c1-18(2)20-9-7-10-22-23-16-24-21-8-5-6-11-25(21)44-36(24)27(19(3)4)35(23)43(34(20)22)26-17-41-32-30-28(37-12-13-39-30)29-31(33(32)42-26)40-15-14-38-29/h5-19H,1-4H3. The van der Waals surface area contributed by atoms with Crippen molar-refractivity contribution in [2.24, 2.45) is 0 Å². The number of nitrogens with zero attached hydrogens (tertiary/aromatic N) is 7. The average molecular weight is 574 g/mol. The zero-order valence-electron chi connectivity index (χ0n) is 24.7. The Morgan fingerprint density at radius 3 is 1.91 bits per heavy atom. The van der Waals surface area contributed by atoms with Crippen molar-refractivity contribution in [1.82, 2.24) is 34.5 Å². The molecule has 0 bridgehead atoms. The van der Waals surface area contributed by atoms with Gasteiger partial charge in [0.25, 0.3) is 0 Å². The maximum Gasteiger partial charge on any atom is 0.157 e. The van der Waals surface area contributed by atoms with Gasteiger partial charge in [0.05, 0.1) is 17.2 Å². The number of aromatic nitrogens is 7. The van der Waals surface area contributed by atoms with Gasteiger partial charge in [-0.1, -0.05) is 64.1 Å². The summed E-state index contributed by atoms with van der Waals surface area (Å²) in [4.78, 5) is 28.9. The SMILES string of the molecule is CC(C)c1cccc2c3cc4c(oc5ccccc54)c(C(C)C)c3n(-c3cnc4c5nccnc5c5nccnc5c4n3)c12. The summed E-state index contributed by atoms with van der Waals surface area (Å²) in [5, 5.41) is 4.59. The van der Waals surface area contributed by atoms with E-state index in [0.717, 1.165) is 38.5 Å². The van der Waals surface area contributed by atoms with Crippen molar-refractivity contribution in [1.29, 1.82) is 0 Å². The van der Waals surface area contributed by atoms with Crippen LogP contribution in [0, 0.1) is 0 Å². The normalized spacial score (nSPS) is 12.5. The lowest BCUT2D eigenvalue weighted by Crippen LogP contribution is -2.05. The summed E-state index contributed by atoms with van der Waals surface area (Å²) >= 11 is 0. The van der Waals surface area contributed by atoms with Crippen LogP contribution in [0.4, 0.5) is 0 Å². The van der Waals surface area contributed by atoms with E-state index in [-0.39, 0.29) is 11.8 Å². The van der Waals surface area contributed by atoms with Crippen molar-refractivity contribution in [2.75, 3.05) is 0 Å².